The van der Waals surface area contributed by atoms with Crippen molar-refractivity contribution < 1.29 is 19.0 Å². The number of hydrogen-bond donors (Lipinski definition) is 2. The molecular formula is C21H21N3O4. The first kappa shape index (κ1) is 19.0. The van der Waals surface area contributed by atoms with Crippen molar-refractivity contribution in [2.45, 2.75) is 0 Å². The van der Waals surface area contributed by atoms with E-state index in [4.69, 9.17) is 14.2 Å². The second-order valence-corrected chi connectivity index (χ2v) is 5.84. The van der Waals surface area contributed by atoms with E-state index in [1.807, 2.05) is 24.3 Å². The van der Waals surface area contributed by atoms with Crippen molar-refractivity contribution in [2.24, 2.45) is 0 Å². The number of anilines is 3. The van der Waals surface area contributed by atoms with Crippen molar-refractivity contribution in [2.75, 3.05) is 32.0 Å². The number of methoxy groups -OCH3 is 3. The molecule has 0 spiro atoms. The summed E-state index contributed by atoms with van der Waals surface area (Å²) in [6.45, 7) is 0. The standard InChI is InChI=1S/C21H21N3O4/c1-26-17-6-4-5-15(10-17)23-16-9-14(12-22-13-16)21(25)24-19-8-7-18(27-2)11-20(19)28-3/h4-13,23H,1-3H3,(H,24,25). The van der Waals surface area contributed by atoms with Gasteiger partial charge in [0.05, 0.1) is 44.5 Å². The van der Waals surface area contributed by atoms with Gasteiger partial charge >= 0.3 is 0 Å². The van der Waals surface area contributed by atoms with E-state index in [0.717, 1.165) is 11.4 Å². The number of ether oxygens (including phenoxy) is 3. The normalized spacial score (nSPS) is 10.1. The molecule has 0 unspecified atom stereocenters. The van der Waals surface area contributed by atoms with Gasteiger partial charge in [-0.1, -0.05) is 6.07 Å². The Bertz CT molecular complexity index is 975. The topological polar surface area (TPSA) is 81.7 Å². The summed E-state index contributed by atoms with van der Waals surface area (Å²) in [7, 11) is 4.71. The lowest BCUT2D eigenvalue weighted by atomic mass is 10.2. The number of carbonyl (C=O) groups is 1. The number of hydrogen-bond acceptors (Lipinski definition) is 6. The van der Waals surface area contributed by atoms with E-state index in [-0.39, 0.29) is 5.91 Å². The Balaban J connectivity index is 1.77. The van der Waals surface area contributed by atoms with Gasteiger partial charge in [-0.15, -0.1) is 0 Å². The summed E-state index contributed by atoms with van der Waals surface area (Å²) in [5, 5.41) is 6.04. The highest BCUT2D eigenvalue weighted by Gasteiger charge is 2.12. The van der Waals surface area contributed by atoms with Crippen LogP contribution in [0.5, 0.6) is 17.2 Å². The molecule has 0 bridgehead atoms. The lowest BCUT2D eigenvalue weighted by Crippen LogP contribution is -2.13. The lowest BCUT2D eigenvalue weighted by molar-refractivity contribution is 0.102. The molecule has 2 N–H and O–H groups in total. The minimum Gasteiger partial charge on any atom is -0.497 e. The minimum absolute atomic E-state index is 0.301. The average Bonchev–Trinajstić information content (AvgIpc) is 2.74. The summed E-state index contributed by atoms with van der Waals surface area (Å²) in [4.78, 5) is 16.8. The van der Waals surface area contributed by atoms with Gasteiger partial charge < -0.3 is 24.8 Å². The Morgan fingerprint density at radius 1 is 0.857 bits per heavy atom. The second kappa shape index (κ2) is 8.77. The van der Waals surface area contributed by atoms with Crippen LogP contribution in [0.1, 0.15) is 10.4 Å². The minimum atomic E-state index is -0.301. The molecule has 1 amide bonds. The van der Waals surface area contributed by atoms with E-state index in [1.165, 1.54) is 13.3 Å². The largest absolute Gasteiger partial charge is 0.497 e. The smallest absolute Gasteiger partial charge is 0.257 e. The van der Waals surface area contributed by atoms with Crippen molar-refractivity contribution in [3.8, 4) is 17.2 Å². The van der Waals surface area contributed by atoms with Crippen LogP contribution in [0.25, 0.3) is 0 Å². The Hall–Kier alpha value is -3.74. The Kier molecular flexibility index (Phi) is 5.96. The maximum Gasteiger partial charge on any atom is 0.257 e. The van der Waals surface area contributed by atoms with E-state index in [0.29, 0.717) is 28.4 Å². The van der Waals surface area contributed by atoms with Gasteiger partial charge in [-0.05, 0) is 30.3 Å². The molecule has 3 rings (SSSR count). The Morgan fingerprint density at radius 2 is 1.64 bits per heavy atom. The third-order valence-corrected chi connectivity index (χ3v) is 4.02. The molecule has 1 aromatic heterocycles. The molecule has 0 aliphatic carbocycles. The Labute approximate surface area is 163 Å². The highest BCUT2D eigenvalue weighted by molar-refractivity contribution is 6.05. The first-order valence-electron chi connectivity index (χ1n) is 8.52. The van der Waals surface area contributed by atoms with Crippen molar-refractivity contribution in [1.29, 1.82) is 0 Å². The number of nitrogens with one attached hydrogen (secondary N) is 2. The molecule has 2 aromatic carbocycles. The molecule has 7 heteroatoms. The molecule has 0 saturated heterocycles. The number of pyridine rings is 1. The predicted octanol–water partition coefficient (Wildman–Crippen LogP) is 4.10. The van der Waals surface area contributed by atoms with Crippen LogP contribution in [-0.2, 0) is 0 Å². The molecule has 0 radical (unpaired) electrons. The molecule has 0 aliphatic rings. The van der Waals surface area contributed by atoms with E-state index >= 15 is 0 Å². The third kappa shape index (κ3) is 4.50. The SMILES string of the molecule is COc1cccc(Nc2cncc(C(=O)Nc3ccc(OC)cc3OC)c2)c1. The van der Waals surface area contributed by atoms with Gasteiger partial charge in [0.1, 0.15) is 17.2 Å². The first-order valence-corrected chi connectivity index (χ1v) is 8.52. The molecule has 1 heterocycles. The van der Waals surface area contributed by atoms with Crippen molar-refractivity contribution in [3.05, 3.63) is 66.5 Å². The first-order chi connectivity index (χ1) is 13.6. The van der Waals surface area contributed by atoms with E-state index in [2.05, 4.69) is 15.6 Å². The van der Waals surface area contributed by atoms with Crippen LogP contribution in [-0.4, -0.2) is 32.2 Å². The number of carbonyl (C=O) groups excluding carboxylic acids is 1. The van der Waals surface area contributed by atoms with Gasteiger partial charge in [0, 0.05) is 24.0 Å². The van der Waals surface area contributed by atoms with Gasteiger partial charge in [-0.25, -0.2) is 0 Å². The molecule has 0 fully saturated rings. The summed E-state index contributed by atoms with van der Waals surface area (Å²) in [5.41, 5.74) is 2.46. The number of rotatable bonds is 7. The maximum atomic E-state index is 12.7. The highest BCUT2D eigenvalue weighted by atomic mass is 16.5. The quantitative estimate of drug-likeness (QED) is 0.643. The number of aromatic nitrogens is 1. The molecule has 3 aromatic rings. The molecule has 0 aliphatic heterocycles. The second-order valence-electron chi connectivity index (χ2n) is 5.84. The van der Waals surface area contributed by atoms with Crippen molar-refractivity contribution >= 4 is 23.0 Å². The monoisotopic (exact) mass is 379 g/mol. The summed E-state index contributed by atoms with van der Waals surface area (Å²) < 4.78 is 15.7. The van der Waals surface area contributed by atoms with Gasteiger partial charge in [0.25, 0.3) is 5.91 Å². The molecule has 7 nitrogen and oxygen atoms in total. The summed E-state index contributed by atoms with van der Waals surface area (Å²) >= 11 is 0. The maximum absolute atomic E-state index is 12.7. The lowest BCUT2D eigenvalue weighted by Gasteiger charge is -2.12. The van der Waals surface area contributed by atoms with E-state index in [1.54, 1.807) is 44.7 Å². The average molecular weight is 379 g/mol. The third-order valence-electron chi connectivity index (χ3n) is 4.02. The number of nitrogens with zero attached hydrogens (tertiary/aromatic N) is 1. The van der Waals surface area contributed by atoms with Crippen LogP contribution in [0.4, 0.5) is 17.1 Å². The zero-order chi connectivity index (χ0) is 19.9. The predicted molar refractivity (Wildman–Crippen MR) is 108 cm³/mol. The molecular weight excluding hydrogens is 358 g/mol. The Morgan fingerprint density at radius 3 is 2.39 bits per heavy atom. The van der Waals surface area contributed by atoms with Gasteiger partial charge in [0.15, 0.2) is 0 Å². The fourth-order valence-corrected chi connectivity index (χ4v) is 2.60. The van der Waals surface area contributed by atoms with Crippen LogP contribution in [0.2, 0.25) is 0 Å². The zero-order valence-corrected chi connectivity index (χ0v) is 15.9. The van der Waals surface area contributed by atoms with Crippen LogP contribution >= 0.6 is 0 Å². The van der Waals surface area contributed by atoms with Crippen LogP contribution in [0, 0.1) is 0 Å². The van der Waals surface area contributed by atoms with E-state index in [9.17, 15) is 4.79 Å². The van der Waals surface area contributed by atoms with Gasteiger partial charge in [-0.2, -0.15) is 0 Å². The van der Waals surface area contributed by atoms with Gasteiger partial charge in [0.2, 0.25) is 0 Å². The summed E-state index contributed by atoms with van der Waals surface area (Å²) in [6, 6.07) is 14.4. The van der Waals surface area contributed by atoms with Crippen molar-refractivity contribution in [3.63, 3.8) is 0 Å². The van der Waals surface area contributed by atoms with Crippen LogP contribution in [0.15, 0.2) is 60.9 Å². The van der Waals surface area contributed by atoms with Crippen molar-refractivity contribution in [1.82, 2.24) is 4.98 Å². The molecule has 144 valence electrons. The van der Waals surface area contributed by atoms with E-state index < -0.39 is 0 Å². The summed E-state index contributed by atoms with van der Waals surface area (Å²) in [6.07, 6.45) is 3.15. The fraction of sp³-hybridized carbons (Fsp3) is 0.143. The van der Waals surface area contributed by atoms with Crippen LogP contribution in [0.3, 0.4) is 0 Å². The molecule has 0 saturated carbocycles. The zero-order valence-electron chi connectivity index (χ0n) is 15.9. The van der Waals surface area contributed by atoms with Gasteiger partial charge in [-0.3, -0.25) is 9.78 Å². The number of benzene rings is 2. The molecule has 0 atom stereocenters. The molecule has 28 heavy (non-hydrogen) atoms. The fourth-order valence-electron chi connectivity index (χ4n) is 2.60. The van der Waals surface area contributed by atoms with Crippen LogP contribution < -0.4 is 24.8 Å². The summed E-state index contributed by atoms with van der Waals surface area (Å²) in [5.74, 6) is 1.58. The number of amides is 1. The highest BCUT2D eigenvalue weighted by Crippen LogP contribution is 2.29.